The van der Waals surface area contributed by atoms with Crippen LogP contribution < -0.4 is 5.32 Å². The van der Waals surface area contributed by atoms with Crippen molar-refractivity contribution in [3.63, 3.8) is 0 Å². The molecule has 0 fully saturated rings. The molecule has 21 heavy (non-hydrogen) atoms. The number of amides is 1. The van der Waals surface area contributed by atoms with Crippen molar-refractivity contribution in [3.8, 4) is 0 Å². The van der Waals surface area contributed by atoms with E-state index in [0.717, 1.165) is 48.7 Å². The molecule has 0 saturated carbocycles. The zero-order valence-corrected chi connectivity index (χ0v) is 12.9. The first-order valence-corrected chi connectivity index (χ1v) is 7.61. The number of likely N-dealkylation sites (N-methyl/N-ethyl adjacent to an activating group) is 1. The average molecular weight is 286 g/mol. The number of carbonyl (C=O) groups excluding carboxylic acids is 1. The maximum Gasteiger partial charge on any atom is 0.226 e. The second-order valence-electron chi connectivity index (χ2n) is 5.90. The fraction of sp³-hybridized carbons (Fsp3) is 0.500. The maximum absolute atomic E-state index is 11.8. The van der Waals surface area contributed by atoms with Gasteiger partial charge in [-0.2, -0.15) is 0 Å². The molecule has 1 aliphatic heterocycles. The SMILES string of the molecule is CCN1CCn2c(nc3cc(NC(=O)C(C)C)ccc32)C1. The molecular weight excluding hydrogens is 264 g/mol. The van der Waals surface area contributed by atoms with Crippen molar-refractivity contribution in [1.82, 2.24) is 14.5 Å². The molecule has 2 heterocycles. The number of carbonyl (C=O) groups is 1. The molecule has 0 bridgehead atoms. The van der Waals surface area contributed by atoms with Crippen LogP contribution in [0.25, 0.3) is 11.0 Å². The van der Waals surface area contributed by atoms with E-state index >= 15 is 0 Å². The number of rotatable bonds is 3. The fourth-order valence-corrected chi connectivity index (χ4v) is 2.70. The third kappa shape index (κ3) is 2.65. The van der Waals surface area contributed by atoms with Crippen LogP contribution in [0, 0.1) is 5.92 Å². The predicted molar refractivity (Wildman–Crippen MR) is 84.2 cm³/mol. The number of aromatic nitrogens is 2. The number of hydrogen-bond donors (Lipinski definition) is 1. The molecule has 0 atom stereocenters. The largest absolute Gasteiger partial charge is 0.326 e. The highest BCUT2D eigenvalue weighted by atomic mass is 16.1. The first-order chi connectivity index (χ1) is 10.1. The second-order valence-corrected chi connectivity index (χ2v) is 5.90. The molecule has 3 rings (SSSR count). The summed E-state index contributed by atoms with van der Waals surface area (Å²) in [6, 6.07) is 5.99. The van der Waals surface area contributed by atoms with Gasteiger partial charge in [-0.15, -0.1) is 0 Å². The average Bonchev–Trinajstić information content (AvgIpc) is 2.83. The minimum Gasteiger partial charge on any atom is -0.326 e. The minimum absolute atomic E-state index is 0.0194. The molecule has 1 N–H and O–H groups in total. The third-order valence-corrected chi connectivity index (χ3v) is 4.07. The Bertz CT molecular complexity index is 674. The van der Waals surface area contributed by atoms with E-state index in [9.17, 15) is 4.79 Å². The summed E-state index contributed by atoms with van der Waals surface area (Å²) < 4.78 is 2.29. The van der Waals surface area contributed by atoms with E-state index in [1.807, 2.05) is 26.0 Å². The first kappa shape index (κ1) is 14.1. The Balaban J connectivity index is 1.91. The van der Waals surface area contributed by atoms with Gasteiger partial charge in [-0.1, -0.05) is 20.8 Å². The number of fused-ring (bicyclic) bond motifs is 3. The van der Waals surface area contributed by atoms with E-state index in [1.165, 1.54) is 0 Å². The van der Waals surface area contributed by atoms with E-state index in [4.69, 9.17) is 4.98 Å². The fourth-order valence-electron chi connectivity index (χ4n) is 2.70. The van der Waals surface area contributed by atoms with Crippen molar-refractivity contribution in [2.75, 3.05) is 18.4 Å². The zero-order chi connectivity index (χ0) is 15.0. The molecule has 0 radical (unpaired) electrons. The van der Waals surface area contributed by atoms with Crippen LogP contribution in [0.15, 0.2) is 18.2 Å². The summed E-state index contributed by atoms with van der Waals surface area (Å²) >= 11 is 0. The number of nitrogens with one attached hydrogen (secondary N) is 1. The molecule has 0 spiro atoms. The summed E-state index contributed by atoms with van der Waals surface area (Å²) in [4.78, 5) is 18.9. The Kier molecular flexibility index (Phi) is 3.68. The highest BCUT2D eigenvalue weighted by molar-refractivity contribution is 5.94. The zero-order valence-electron chi connectivity index (χ0n) is 12.9. The highest BCUT2D eigenvalue weighted by Crippen LogP contribution is 2.23. The summed E-state index contributed by atoms with van der Waals surface area (Å²) in [5, 5.41) is 2.94. The molecule has 0 unspecified atom stereocenters. The third-order valence-electron chi connectivity index (χ3n) is 4.07. The number of nitrogens with zero attached hydrogens (tertiary/aromatic N) is 3. The van der Waals surface area contributed by atoms with Gasteiger partial charge < -0.3 is 9.88 Å². The summed E-state index contributed by atoms with van der Waals surface area (Å²) in [6.45, 7) is 9.97. The molecule has 1 aromatic carbocycles. The second kappa shape index (κ2) is 5.48. The van der Waals surface area contributed by atoms with Crippen LogP contribution in [0.4, 0.5) is 5.69 Å². The standard InChI is InChI=1S/C16H22N4O/c1-4-19-7-8-20-14-6-5-12(17-16(21)11(2)3)9-13(14)18-15(20)10-19/h5-6,9,11H,4,7-8,10H2,1-3H3,(H,17,21). The normalized spacial score (nSPS) is 15.4. The lowest BCUT2D eigenvalue weighted by Gasteiger charge is -2.26. The van der Waals surface area contributed by atoms with Crippen LogP contribution in [0.5, 0.6) is 0 Å². The summed E-state index contributed by atoms with van der Waals surface area (Å²) in [5.41, 5.74) is 2.94. The lowest BCUT2D eigenvalue weighted by Crippen LogP contribution is -2.33. The summed E-state index contributed by atoms with van der Waals surface area (Å²) in [6.07, 6.45) is 0. The molecule has 5 nitrogen and oxygen atoms in total. The lowest BCUT2D eigenvalue weighted by molar-refractivity contribution is -0.118. The number of anilines is 1. The van der Waals surface area contributed by atoms with Gasteiger partial charge in [-0.25, -0.2) is 4.98 Å². The van der Waals surface area contributed by atoms with E-state index < -0.39 is 0 Å². The van der Waals surface area contributed by atoms with Crippen LogP contribution in [0.2, 0.25) is 0 Å². The number of hydrogen-bond acceptors (Lipinski definition) is 3. The Hall–Kier alpha value is -1.88. The van der Waals surface area contributed by atoms with Crippen LogP contribution in [-0.4, -0.2) is 33.4 Å². The highest BCUT2D eigenvalue weighted by Gasteiger charge is 2.19. The van der Waals surface area contributed by atoms with E-state index in [2.05, 4.69) is 27.8 Å². The first-order valence-electron chi connectivity index (χ1n) is 7.61. The predicted octanol–water partition coefficient (Wildman–Crippen LogP) is 2.47. The van der Waals surface area contributed by atoms with Gasteiger partial charge in [0.05, 0.1) is 17.6 Å². The van der Waals surface area contributed by atoms with E-state index in [0.29, 0.717) is 0 Å². The molecule has 112 valence electrons. The number of benzene rings is 1. The molecule has 2 aromatic rings. The summed E-state index contributed by atoms with van der Waals surface area (Å²) in [5.74, 6) is 1.13. The van der Waals surface area contributed by atoms with Crippen LogP contribution in [0.1, 0.15) is 26.6 Å². The molecule has 1 amide bonds. The molecule has 0 aliphatic carbocycles. The topological polar surface area (TPSA) is 50.2 Å². The Morgan fingerprint density at radius 3 is 2.90 bits per heavy atom. The summed E-state index contributed by atoms with van der Waals surface area (Å²) in [7, 11) is 0. The number of imidazole rings is 1. The van der Waals surface area contributed by atoms with E-state index in [-0.39, 0.29) is 11.8 Å². The van der Waals surface area contributed by atoms with Gasteiger partial charge in [0.15, 0.2) is 0 Å². The van der Waals surface area contributed by atoms with Crippen molar-refractivity contribution in [3.05, 3.63) is 24.0 Å². The van der Waals surface area contributed by atoms with Gasteiger partial charge in [0.1, 0.15) is 5.82 Å². The van der Waals surface area contributed by atoms with E-state index in [1.54, 1.807) is 0 Å². The van der Waals surface area contributed by atoms with Crippen molar-refractivity contribution in [1.29, 1.82) is 0 Å². The van der Waals surface area contributed by atoms with Gasteiger partial charge in [0.2, 0.25) is 5.91 Å². The van der Waals surface area contributed by atoms with Crippen molar-refractivity contribution in [2.24, 2.45) is 5.92 Å². The molecule has 5 heteroatoms. The Morgan fingerprint density at radius 2 is 2.19 bits per heavy atom. The Labute approximate surface area is 125 Å². The van der Waals surface area contributed by atoms with Crippen LogP contribution in [0.3, 0.4) is 0 Å². The van der Waals surface area contributed by atoms with Crippen molar-refractivity contribution >= 4 is 22.6 Å². The van der Waals surface area contributed by atoms with Crippen LogP contribution >= 0.6 is 0 Å². The molecule has 1 aromatic heterocycles. The quantitative estimate of drug-likeness (QED) is 0.943. The van der Waals surface area contributed by atoms with Gasteiger partial charge in [-0.05, 0) is 24.7 Å². The van der Waals surface area contributed by atoms with Gasteiger partial charge in [0, 0.05) is 24.7 Å². The van der Waals surface area contributed by atoms with Crippen LogP contribution in [-0.2, 0) is 17.9 Å². The van der Waals surface area contributed by atoms with Crippen molar-refractivity contribution < 1.29 is 4.79 Å². The molecular formula is C16H22N4O. The van der Waals surface area contributed by atoms with Gasteiger partial charge in [-0.3, -0.25) is 9.69 Å². The van der Waals surface area contributed by atoms with Gasteiger partial charge >= 0.3 is 0 Å². The van der Waals surface area contributed by atoms with Gasteiger partial charge in [0.25, 0.3) is 0 Å². The monoisotopic (exact) mass is 286 g/mol. The Morgan fingerprint density at radius 1 is 1.38 bits per heavy atom. The smallest absolute Gasteiger partial charge is 0.226 e. The maximum atomic E-state index is 11.8. The van der Waals surface area contributed by atoms with Crippen molar-refractivity contribution in [2.45, 2.75) is 33.9 Å². The minimum atomic E-state index is -0.0194. The molecule has 0 saturated heterocycles. The molecule has 1 aliphatic rings. The lowest BCUT2D eigenvalue weighted by atomic mass is 10.2.